The van der Waals surface area contributed by atoms with Crippen LogP contribution >= 0.6 is 0 Å². The van der Waals surface area contributed by atoms with Crippen molar-refractivity contribution in [2.45, 2.75) is 26.3 Å². The van der Waals surface area contributed by atoms with Gasteiger partial charge in [-0.05, 0) is 60.8 Å². The molecule has 0 aliphatic carbocycles. The molecule has 0 bridgehead atoms. The van der Waals surface area contributed by atoms with Gasteiger partial charge in [-0.15, -0.1) is 0 Å². The van der Waals surface area contributed by atoms with Gasteiger partial charge in [0.2, 0.25) is 0 Å². The quantitative estimate of drug-likeness (QED) is 0.866. The number of likely N-dealkylation sites (N-methyl/N-ethyl adjacent to an activating group) is 1. The van der Waals surface area contributed by atoms with Gasteiger partial charge in [0.25, 0.3) is 0 Å². The first-order valence-electron chi connectivity index (χ1n) is 6.94. The molecule has 0 heterocycles. The van der Waals surface area contributed by atoms with E-state index in [0.29, 0.717) is 18.5 Å². The highest BCUT2D eigenvalue weighted by molar-refractivity contribution is 5.30. The Hall–Kier alpha value is -1.81. The highest BCUT2D eigenvalue weighted by Gasteiger charge is 2.15. The number of halogens is 3. The molecule has 2 aromatic carbocycles. The first-order chi connectivity index (χ1) is 9.99. The molecule has 1 nitrogen and oxygen atoms in total. The van der Waals surface area contributed by atoms with Crippen molar-refractivity contribution in [3.63, 3.8) is 0 Å². The lowest BCUT2D eigenvalue weighted by atomic mass is 9.96. The molecule has 0 aromatic heterocycles. The third-order valence-corrected chi connectivity index (χ3v) is 3.47. The van der Waals surface area contributed by atoms with Crippen molar-refractivity contribution < 1.29 is 13.2 Å². The molecule has 0 spiro atoms. The summed E-state index contributed by atoms with van der Waals surface area (Å²) in [5.41, 5.74) is 2.33. The Kier molecular flexibility index (Phi) is 5.02. The maximum absolute atomic E-state index is 13.4. The molecule has 0 aliphatic heterocycles. The Labute approximate surface area is 122 Å². The van der Waals surface area contributed by atoms with Crippen LogP contribution in [-0.2, 0) is 6.42 Å². The second-order valence-electron chi connectivity index (χ2n) is 5.09. The first kappa shape index (κ1) is 15.6. The topological polar surface area (TPSA) is 12.0 Å². The third kappa shape index (κ3) is 4.08. The molecule has 0 fully saturated rings. The highest BCUT2D eigenvalue weighted by Crippen LogP contribution is 2.22. The minimum Gasteiger partial charge on any atom is -0.310 e. The van der Waals surface area contributed by atoms with Gasteiger partial charge in [-0.2, -0.15) is 0 Å². The van der Waals surface area contributed by atoms with E-state index in [9.17, 15) is 13.2 Å². The van der Waals surface area contributed by atoms with E-state index in [0.717, 1.165) is 17.2 Å². The molecule has 0 aliphatic rings. The van der Waals surface area contributed by atoms with Crippen molar-refractivity contribution in [2.24, 2.45) is 0 Å². The number of hydrogen-bond acceptors (Lipinski definition) is 1. The molecule has 2 aromatic rings. The summed E-state index contributed by atoms with van der Waals surface area (Å²) < 4.78 is 39.9. The third-order valence-electron chi connectivity index (χ3n) is 3.47. The van der Waals surface area contributed by atoms with Gasteiger partial charge >= 0.3 is 0 Å². The second kappa shape index (κ2) is 6.76. The molecule has 0 saturated heterocycles. The second-order valence-corrected chi connectivity index (χ2v) is 5.09. The summed E-state index contributed by atoms with van der Waals surface area (Å²) in [6.07, 6.45) is 0.544. The van der Waals surface area contributed by atoms with Crippen LogP contribution in [0, 0.1) is 24.4 Å². The zero-order valence-corrected chi connectivity index (χ0v) is 12.1. The molecular weight excluding hydrogens is 275 g/mol. The number of rotatable bonds is 5. The summed E-state index contributed by atoms with van der Waals surface area (Å²) in [5.74, 6) is -1.47. The lowest BCUT2D eigenvalue weighted by Gasteiger charge is -2.20. The van der Waals surface area contributed by atoms with E-state index in [1.807, 2.05) is 13.8 Å². The Morgan fingerprint density at radius 3 is 2.19 bits per heavy atom. The fourth-order valence-electron chi connectivity index (χ4n) is 2.44. The van der Waals surface area contributed by atoms with Gasteiger partial charge in [0.05, 0.1) is 0 Å². The van der Waals surface area contributed by atoms with Crippen molar-refractivity contribution in [1.29, 1.82) is 0 Å². The summed E-state index contributed by atoms with van der Waals surface area (Å²) >= 11 is 0. The van der Waals surface area contributed by atoms with Crippen LogP contribution in [0.1, 0.15) is 29.7 Å². The van der Waals surface area contributed by atoms with E-state index in [4.69, 9.17) is 0 Å². The minimum atomic E-state index is -0.594. The SMILES string of the molecule is CCNC(Cc1ccc(F)cc1C)c1cc(F)cc(F)c1. The van der Waals surface area contributed by atoms with Gasteiger partial charge < -0.3 is 5.32 Å². The van der Waals surface area contributed by atoms with Crippen LogP contribution in [0.5, 0.6) is 0 Å². The van der Waals surface area contributed by atoms with Crippen LogP contribution in [0.2, 0.25) is 0 Å². The Balaban J connectivity index is 2.30. The molecule has 0 radical (unpaired) electrons. The minimum absolute atomic E-state index is 0.218. The van der Waals surface area contributed by atoms with Gasteiger partial charge in [-0.1, -0.05) is 13.0 Å². The maximum Gasteiger partial charge on any atom is 0.126 e. The maximum atomic E-state index is 13.4. The Morgan fingerprint density at radius 1 is 0.952 bits per heavy atom. The lowest BCUT2D eigenvalue weighted by molar-refractivity contribution is 0.528. The van der Waals surface area contributed by atoms with Crippen molar-refractivity contribution in [3.05, 3.63) is 70.5 Å². The Morgan fingerprint density at radius 2 is 1.62 bits per heavy atom. The molecule has 2 rings (SSSR count). The summed E-state index contributed by atoms with van der Waals surface area (Å²) in [7, 11) is 0. The normalized spacial score (nSPS) is 12.4. The summed E-state index contributed by atoms with van der Waals surface area (Å²) in [4.78, 5) is 0. The van der Waals surface area contributed by atoms with E-state index >= 15 is 0 Å². The van der Waals surface area contributed by atoms with Crippen molar-refractivity contribution >= 4 is 0 Å². The highest BCUT2D eigenvalue weighted by atomic mass is 19.1. The Bertz CT molecular complexity index is 605. The number of benzene rings is 2. The number of nitrogens with one attached hydrogen (secondary N) is 1. The molecule has 21 heavy (non-hydrogen) atoms. The van der Waals surface area contributed by atoms with Crippen molar-refractivity contribution in [2.75, 3.05) is 6.54 Å². The van der Waals surface area contributed by atoms with Crippen LogP contribution in [0.3, 0.4) is 0 Å². The monoisotopic (exact) mass is 293 g/mol. The van der Waals surface area contributed by atoms with E-state index in [1.54, 1.807) is 6.07 Å². The number of hydrogen-bond donors (Lipinski definition) is 1. The van der Waals surface area contributed by atoms with Crippen LogP contribution in [0.4, 0.5) is 13.2 Å². The van der Waals surface area contributed by atoms with Crippen LogP contribution < -0.4 is 5.32 Å². The van der Waals surface area contributed by atoms with Gasteiger partial charge in [0.15, 0.2) is 0 Å². The first-order valence-corrected chi connectivity index (χ1v) is 6.94. The summed E-state index contributed by atoms with van der Waals surface area (Å²) in [5, 5.41) is 3.22. The average Bonchev–Trinajstić information content (AvgIpc) is 2.40. The lowest BCUT2D eigenvalue weighted by Crippen LogP contribution is -2.23. The largest absolute Gasteiger partial charge is 0.310 e. The molecule has 4 heteroatoms. The molecule has 1 unspecified atom stereocenters. The van der Waals surface area contributed by atoms with Gasteiger partial charge in [0.1, 0.15) is 17.5 Å². The van der Waals surface area contributed by atoms with Crippen LogP contribution in [-0.4, -0.2) is 6.54 Å². The molecule has 0 saturated carbocycles. The molecule has 1 N–H and O–H groups in total. The number of aryl methyl sites for hydroxylation is 1. The van der Waals surface area contributed by atoms with Crippen molar-refractivity contribution in [1.82, 2.24) is 5.32 Å². The zero-order valence-electron chi connectivity index (χ0n) is 12.1. The van der Waals surface area contributed by atoms with Gasteiger partial charge in [-0.25, -0.2) is 13.2 Å². The molecule has 0 amide bonds. The smallest absolute Gasteiger partial charge is 0.126 e. The predicted octanol–water partition coefficient (Wildman–Crippen LogP) is 4.31. The van der Waals surface area contributed by atoms with Crippen molar-refractivity contribution in [3.8, 4) is 0 Å². The van der Waals surface area contributed by atoms with Gasteiger partial charge in [0, 0.05) is 12.1 Å². The molecule has 112 valence electrons. The van der Waals surface area contributed by atoms with Crippen LogP contribution in [0.15, 0.2) is 36.4 Å². The van der Waals surface area contributed by atoms with E-state index < -0.39 is 11.6 Å². The van der Waals surface area contributed by atoms with Gasteiger partial charge in [-0.3, -0.25) is 0 Å². The van der Waals surface area contributed by atoms with E-state index in [2.05, 4.69) is 5.32 Å². The zero-order chi connectivity index (χ0) is 15.4. The fraction of sp³-hybridized carbons (Fsp3) is 0.294. The standard InChI is InChI=1S/C17H18F3N/c1-3-21-17(13-7-15(19)10-16(20)8-13)9-12-4-5-14(18)6-11(12)2/h4-8,10,17,21H,3,9H2,1-2H3. The predicted molar refractivity (Wildman–Crippen MR) is 77.6 cm³/mol. The van der Waals surface area contributed by atoms with E-state index in [-0.39, 0.29) is 11.9 Å². The summed E-state index contributed by atoms with van der Waals surface area (Å²) in [6.45, 7) is 4.43. The molecule has 1 atom stereocenters. The fourth-order valence-corrected chi connectivity index (χ4v) is 2.44. The summed E-state index contributed by atoms with van der Waals surface area (Å²) in [6, 6.07) is 7.87. The van der Waals surface area contributed by atoms with Crippen LogP contribution in [0.25, 0.3) is 0 Å². The molecular formula is C17H18F3N. The average molecular weight is 293 g/mol. The van der Waals surface area contributed by atoms with E-state index in [1.165, 1.54) is 24.3 Å².